The highest BCUT2D eigenvalue weighted by molar-refractivity contribution is 5.89. The van der Waals surface area contributed by atoms with E-state index < -0.39 is 5.97 Å². The van der Waals surface area contributed by atoms with E-state index in [0.29, 0.717) is 18.5 Å². The normalized spacial score (nSPS) is 11.1. The van der Waals surface area contributed by atoms with Gasteiger partial charge in [-0.3, -0.25) is 0 Å². The van der Waals surface area contributed by atoms with E-state index in [9.17, 15) is 9.90 Å². The summed E-state index contributed by atoms with van der Waals surface area (Å²) in [6.45, 7) is 4.95. The number of aliphatic hydroxyl groups excluding tert-OH is 1. The number of hydrogen-bond acceptors (Lipinski definition) is 2. The summed E-state index contributed by atoms with van der Waals surface area (Å²) in [6, 6.07) is 1.66. The van der Waals surface area contributed by atoms with Crippen LogP contribution in [-0.2, 0) is 6.54 Å². The van der Waals surface area contributed by atoms with Crippen LogP contribution < -0.4 is 0 Å². The van der Waals surface area contributed by atoms with Crippen molar-refractivity contribution in [3.05, 3.63) is 23.5 Å². The summed E-state index contributed by atoms with van der Waals surface area (Å²) in [5.41, 5.74) is 1.30. The Morgan fingerprint density at radius 1 is 1.41 bits per heavy atom. The van der Waals surface area contributed by atoms with Gasteiger partial charge in [0.05, 0.1) is 5.56 Å². The number of carboxylic acid groups (broad SMARTS) is 1. The molecular formula is C13H21NO3. The standard InChI is InChI=1S/C13H21NO3/c1-3-10(4-2)12-11(13(16)17)6-8-14(12)7-5-9-15/h6,8,10,15H,3-5,7,9H2,1-2H3,(H,16,17). The van der Waals surface area contributed by atoms with Crippen LogP contribution in [0.2, 0.25) is 0 Å². The third-order valence-corrected chi connectivity index (χ3v) is 3.17. The molecule has 4 nitrogen and oxygen atoms in total. The number of aliphatic hydroxyl groups is 1. The van der Waals surface area contributed by atoms with Crippen molar-refractivity contribution in [3.8, 4) is 0 Å². The van der Waals surface area contributed by atoms with Crippen molar-refractivity contribution in [1.82, 2.24) is 4.57 Å². The summed E-state index contributed by atoms with van der Waals surface area (Å²) < 4.78 is 1.97. The fourth-order valence-corrected chi connectivity index (χ4v) is 2.23. The predicted octanol–water partition coefficient (Wildman–Crippen LogP) is 2.47. The van der Waals surface area contributed by atoms with Gasteiger partial charge >= 0.3 is 5.97 Å². The molecule has 1 heterocycles. The van der Waals surface area contributed by atoms with Gasteiger partial charge < -0.3 is 14.8 Å². The van der Waals surface area contributed by atoms with Crippen LogP contribution >= 0.6 is 0 Å². The van der Waals surface area contributed by atoms with E-state index in [4.69, 9.17) is 5.11 Å². The molecule has 0 amide bonds. The highest BCUT2D eigenvalue weighted by Gasteiger charge is 2.20. The van der Waals surface area contributed by atoms with Crippen molar-refractivity contribution >= 4 is 5.97 Å². The van der Waals surface area contributed by atoms with Gasteiger partial charge in [0.1, 0.15) is 0 Å². The molecule has 0 aromatic carbocycles. The quantitative estimate of drug-likeness (QED) is 0.768. The highest BCUT2D eigenvalue weighted by Crippen LogP contribution is 2.27. The van der Waals surface area contributed by atoms with Gasteiger partial charge in [-0.2, -0.15) is 0 Å². The van der Waals surface area contributed by atoms with E-state index in [1.807, 2.05) is 10.8 Å². The molecule has 0 saturated carbocycles. The van der Waals surface area contributed by atoms with Gasteiger partial charge in [0.25, 0.3) is 0 Å². The number of aryl methyl sites for hydroxylation is 1. The largest absolute Gasteiger partial charge is 0.478 e. The molecule has 0 fully saturated rings. The van der Waals surface area contributed by atoms with Crippen LogP contribution in [0.4, 0.5) is 0 Å². The van der Waals surface area contributed by atoms with E-state index in [0.717, 1.165) is 18.5 Å². The van der Waals surface area contributed by atoms with Gasteiger partial charge in [0, 0.05) is 25.0 Å². The Bertz CT molecular complexity index is 367. The molecule has 0 bridgehead atoms. The molecule has 4 heteroatoms. The van der Waals surface area contributed by atoms with Gasteiger partial charge in [0.2, 0.25) is 0 Å². The van der Waals surface area contributed by atoms with Crippen molar-refractivity contribution in [1.29, 1.82) is 0 Å². The second-order valence-electron chi connectivity index (χ2n) is 4.20. The SMILES string of the molecule is CCC(CC)c1c(C(=O)O)ccn1CCCO. The van der Waals surface area contributed by atoms with Crippen molar-refractivity contribution in [2.45, 2.75) is 45.6 Å². The third kappa shape index (κ3) is 3.09. The number of carboxylic acids is 1. The molecule has 0 aliphatic carbocycles. The monoisotopic (exact) mass is 239 g/mol. The second-order valence-corrected chi connectivity index (χ2v) is 4.20. The minimum Gasteiger partial charge on any atom is -0.478 e. The molecule has 2 N–H and O–H groups in total. The summed E-state index contributed by atoms with van der Waals surface area (Å²) in [5, 5.41) is 18.0. The summed E-state index contributed by atoms with van der Waals surface area (Å²) >= 11 is 0. The Morgan fingerprint density at radius 2 is 2.06 bits per heavy atom. The number of nitrogens with zero attached hydrogens (tertiary/aromatic N) is 1. The lowest BCUT2D eigenvalue weighted by molar-refractivity contribution is 0.0695. The maximum Gasteiger partial charge on any atom is 0.337 e. The van der Waals surface area contributed by atoms with Crippen molar-refractivity contribution in [2.24, 2.45) is 0 Å². The van der Waals surface area contributed by atoms with Gasteiger partial charge in [-0.1, -0.05) is 13.8 Å². The van der Waals surface area contributed by atoms with Gasteiger partial charge in [-0.05, 0) is 31.2 Å². The summed E-state index contributed by atoms with van der Waals surface area (Å²) in [4.78, 5) is 11.2. The summed E-state index contributed by atoms with van der Waals surface area (Å²) in [6.07, 6.45) is 4.33. The van der Waals surface area contributed by atoms with Crippen LogP contribution in [0.1, 0.15) is 55.1 Å². The lowest BCUT2D eigenvalue weighted by atomic mass is 9.96. The lowest BCUT2D eigenvalue weighted by Gasteiger charge is -2.17. The van der Waals surface area contributed by atoms with Crippen LogP contribution in [0.5, 0.6) is 0 Å². The first-order valence-electron chi connectivity index (χ1n) is 6.18. The molecule has 0 unspecified atom stereocenters. The molecule has 1 rings (SSSR count). The zero-order valence-electron chi connectivity index (χ0n) is 10.5. The number of carbonyl (C=O) groups is 1. The molecule has 1 aromatic rings. The Balaban J connectivity index is 3.09. The van der Waals surface area contributed by atoms with E-state index in [-0.39, 0.29) is 12.5 Å². The van der Waals surface area contributed by atoms with Crippen LogP contribution in [0, 0.1) is 0 Å². The molecule has 0 aliphatic heterocycles. The Labute approximate surface area is 102 Å². The van der Waals surface area contributed by atoms with Crippen LogP contribution in [0.25, 0.3) is 0 Å². The molecule has 0 aliphatic rings. The molecule has 1 aromatic heterocycles. The second kappa shape index (κ2) is 6.45. The molecule has 96 valence electrons. The average Bonchev–Trinajstić information content (AvgIpc) is 2.72. The smallest absolute Gasteiger partial charge is 0.337 e. The minimum absolute atomic E-state index is 0.128. The Hall–Kier alpha value is -1.29. The fourth-order valence-electron chi connectivity index (χ4n) is 2.23. The number of hydrogen-bond donors (Lipinski definition) is 2. The maximum atomic E-state index is 11.2. The number of aromatic carboxylic acids is 1. The van der Waals surface area contributed by atoms with E-state index in [1.54, 1.807) is 6.07 Å². The molecule has 0 radical (unpaired) electrons. The maximum absolute atomic E-state index is 11.2. The van der Waals surface area contributed by atoms with E-state index in [2.05, 4.69) is 13.8 Å². The lowest BCUT2D eigenvalue weighted by Crippen LogP contribution is -2.12. The Morgan fingerprint density at radius 3 is 2.53 bits per heavy atom. The number of aromatic nitrogens is 1. The minimum atomic E-state index is -0.866. The van der Waals surface area contributed by atoms with Gasteiger partial charge in [-0.15, -0.1) is 0 Å². The van der Waals surface area contributed by atoms with Crippen LogP contribution in [-0.4, -0.2) is 27.4 Å². The molecule has 0 spiro atoms. The third-order valence-electron chi connectivity index (χ3n) is 3.17. The van der Waals surface area contributed by atoms with Gasteiger partial charge in [0.15, 0.2) is 0 Å². The van der Waals surface area contributed by atoms with Crippen LogP contribution in [0.3, 0.4) is 0 Å². The summed E-state index contributed by atoms with van der Waals surface area (Å²) in [7, 11) is 0. The zero-order chi connectivity index (χ0) is 12.8. The first-order chi connectivity index (χ1) is 8.15. The average molecular weight is 239 g/mol. The van der Waals surface area contributed by atoms with Crippen molar-refractivity contribution in [2.75, 3.05) is 6.61 Å². The zero-order valence-corrected chi connectivity index (χ0v) is 10.5. The fraction of sp³-hybridized carbons (Fsp3) is 0.615. The molecular weight excluding hydrogens is 218 g/mol. The van der Waals surface area contributed by atoms with Crippen molar-refractivity contribution < 1.29 is 15.0 Å². The molecule has 0 saturated heterocycles. The van der Waals surface area contributed by atoms with Crippen LogP contribution in [0.15, 0.2) is 12.3 Å². The van der Waals surface area contributed by atoms with Gasteiger partial charge in [-0.25, -0.2) is 4.79 Å². The molecule has 0 atom stereocenters. The topological polar surface area (TPSA) is 62.5 Å². The predicted molar refractivity (Wildman–Crippen MR) is 66.4 cm³/mol. The summed E-state index contributed by atoms with van der Waals surface area (Å²) in [5.74, 6) is -0.593. The van der Waals surface area contributed by atoms with E-state index in [1.165, 1.54) is 0 Å². The molecule has 17 heavy (non-hydrogen) atoms. The highest BCUT2D eigenvalue weighted by atomic mass is 16.4. The number of rotatable bonds is 7. The van der Waals surface area contributed by atoms with Crippen molar-refractivity contribution in [3.63, 3.8) is 0 Å². The first kappa shape index (κ1) is 13.8. The Kier molecular flexibility index (Phi) is 5.22. The van der Waals surface area contributed by atoms with E-state index >= 15 is 0 Å². The first-order valence-corrected chi connectivity index (χ1v) is 6.18.